The van der Waals surface area contributed by atoms with Crippen LogP contribution in [-0.4, -0.2) is 11.9 Å². The second-order valence-corrected chi connectivity index (χ2v) is 5.39. The number of nitrogens with one attached hydrogen (secondary N) is 1. The maximum absolute atomic E-state index is 11.7. The Morgan fingerprint density at radius 2 is 2.06 bits per heavy atom. The Bertz CT molecular complexity index is 462. The number of rotatable bonds is 3. The van der Waals surface area contributed by atoms with E-state index >= 15 is 0 Å². The average Bonchev–Trinajstić information content (AvgIpc) is 2.23. The van der Waals surface area contributed by atoms with Gasteiger partial charge in [-0.15, -0.1) is 12.3 Å². The van der Waals surface area contributed by atoms with Gasteiger partial charge in [0, 0.05) is 20.4 Å². The molecule has 0 fully saturated rings. The normalized spacial score (nSPS) is 11.7. The lowest BCUT2D eigenvalue weighted by atomic mass is 10.2. The van der Waals surface area contributed by atoms with Crippen molar-refractivity contribution in [2.75, 3.05) is 5.32 Å². The predicted molar refractivity (Wildman–Crippen MR) is 76.9 cm³/mol. The van der Waals surface area contributed by atoms with Crippen molar-refractivity contribution in [1.29, 1.82) is 0 Å². The Morgan fingerprint density at radius 3 is 2.53 bits per heavy atom. The molecule has 1 aromatic carbocycles. The molecule has 0 saturated carbocycles. The summed E-state index contributed by atoms with van der Waals surface area (Å²) in [6.07, 6.45) is 5.28. The maximum atomic E-state index is 11.7. The van der Waals surface area contributed by atoms with E-state index in [1.54, 1.807) is 12.1 Å². The van der Waals surface area contributed by atoms with Gasteiger partial charge in [-0.05, 0) is 44.0 Å². The van der Waals surface area contributed by atoms with E-state index in [2.05, 4.69) is 43.1 Å². The van der Waals surface area contributed by atoms with Crippen LogP contribution in [-0.2, 0) is 4.79 Å². The van der Waals surface area contributed by atoms with Gasteiger partial charge in [0.2, 0.25) is 5.91 Å². The van der Waals surface area contributed by atoms with Gasteiger partial charge in [0.05, 0.1) is 11.7 Å². The number of benzene rings is 1. The van der Waals surface area contributed by atoms with E-state index in [0.717, 1.165) is 0 Å². The fourth-order valence-corrected chi connectivity index (χ4v) is 2.96. The Balaban J connectivity index is 2.90. The lowest BCUT2D eigenvalue weighted by Gasteiger charge is -2.13. The fraction of sp³-hybridized carbons (Fsp3) is 0.182. The van der Waals surface area contributed by atoms with E-state index in [1.807, 2.05) is 0 Å². The zero-order valence-corrected chi connectivity index (χ0v) is 12.6. The lowest BCUT2D eigenvalue weighted by molar-refractivity contribution is -0.117. The van der Waals surface area contributed by atoms with Crippen LogP contribution in [0, 0.1) is 12.3 Å². The Morgan fingerprint density at radius 1 is 1.53 bits per heavy atom. The molecule has 1 amide bonds. The van der Waals surface area contributed by atoms with Crippen molar-refractivity contribution in [2.24, 2.45) is 5.73 Å². The number of anilines is 1. The van der Waals surface area contributed by atoms with Crippen molar-refractivity contribution in [3.63, 3.8) is 0 Å². The van der Waals surface area contributed by atoms with Crippen LogP contribution in [0.3, 0.4) is 0 Å². The molecular weight excluding hydrogens is 371 g/mol. The molecule has 0 aliphatic heterocycles. The average molecular weight is 380 g/mol. The number of hydrogen-bond acceptors (Lipinski definition) is 2. The first kappa shape index (κ1) is 14.5. The second-order valence-electron chi connectivity index (χ2n) is 3.25. The third kappa shape index (κ3) is 4.00. The summed E-state index contributed by atoms with van der Waals surface area (Å²) < 4.78 is 1.33. The minimum Gasteiger partial charge on any atom is -0.323 e. The number of carbonyl (C=O) groups is 1. The van der Waals surface area contributed by atoms with Gasteiger partial charge in [-0.3, -0.25) is 4.79 Å². The molecule has 1 aromatic rings. The monoisotopic (exact) mass is 378 g/mol. The first-order valence-electron chi connectivity index (χ1n) is 4.60. The van der Waals surface area contributed by atoms with E-state index in [-0.39, 0.29) is 12.3 Å². The molecule has 1 rings (SSSR count). The zero-order valence-electron chi connectivity index (χ0n) is 8.64. The van der Waals surface area contributed by atoms with Gasteiger partial charge < -0.3 is 11.1 Å². The van der Waals surface area contributed by atoms with E-state index in [4.69, 9.17) is 23.8 Å². The summed E-state index contributed by atoms with van der Waals surface area (Å²) in [6, 6.07) is 2.62. The van der Waals surface area contributed by atoms with Gasteiger partial charge in [-0.25, -0.2) is 0 Å². The quantitative estimate of drug-likeness (QED) is 0.792. The van der Waals surface area contributed by atoms with Crippen molar-refractivity contribution in [1.82, 2.24) is 0 Å². The molecule has 0 spiro atoms. The van der Waals surface area contributed by atoms with Crippen LogP contribution in [0.15, 0.2) is 21.1 Å². The number of nitrogens with two attached hydrogens (primary N) is 1. The van der Waals surface area contributed by atoms with Gasteiger partial charge in [0.1, 0.15) is 0 Å². The van der Waals surface area contributed by atoms with E-state index < -0.39 is 6.04 Å². The summed E-state index contributed by atoms with van der Waals surface area (Å²) in [5.74, 6) is 2.00. The molecule has 3 N–H and O–H groups in total. The molecule has 0 aliphatic carbocycles. The van der Waals surface area contributed by atoms with E-state index in [0.29, 0.717) is 19.7 Å². The molecule has 3 nitrogen and oxygen atoms in total. The molecule has 0 aliphatic rings. The van der Waals surface area contributed by atoms with Gasteiger partial charge in [-0.1, -0.05) is 11.6 Å². The standard InChI is InChI=1S/C11H9Br2ClN2O/c1-2-3-9(15)11(17)16-10-7(12)4-6(14)5-8(10)13/h1,4-5,9H,3,15H2,(H,16,17). The van der Waals surface area contributed by atoms with Crippen LogP contribution in [0.25, 0.3) is 0 Å². The Hall–Kier alpha value is -0.540. The predicted octanol–water partition coefficient (Wildman–Crippen LogP) is 3.15. The van der Waals surface area contributed by atoms with Crippen molar-refractivity contribution in [2.45, 2.75) is 12.5 Å². The topological polar surface area (TPSA) is 55.1 Å². The van der Waals surface area contributed by atoms with Crippen LogP contribution in [0.1, 0.15) is 6.42 Å². The summed E-state index contributed by atoms with van der Waals surface area (Å²) in [5.41, 5.74) is 6.17. The molecule has 1 unspecified atom stereocenters. The summed E-state index contributed by atoms with van der Waals surface area (Å²) in [5, 5.41) is 3.23. The summed E-state index contributed by atoms with van der Waals surface area (Å²) in [6.45, 7) is 0. The van der Waals surface area contributed by atoms with Gasteiger partial charge in [0.25, 0.3) is 0 Å². The maximum Gasteiger partial charge on any atom is 0.242 e. The van der Waals surface area contributed by atoms with Crippen molar-refractivity contribution in [3.05, 3.63) is 26.1 Å². The molecular formula is C11H9Br2ClN2O. The number of hydrogen-bond donors (Lipinski definition) is 2. The Labute approximate surface area is 121 Å². The van der Waals surface area contributed by atoms with Crippen LogP contribution in [0.4, 0.5) is 5.69 Å². The van der Waals surface area contributed by atoms with Crippen molar-refractivity contribution >= 4 is 55.1 Å². The van der Waals surface area contributed by atoms with Gasteiger partial charge >= 0.3 is 0 Å². The number of amides is 1. The lowest BCUT2D eigenvalue weighted by Crippen LogP contribution is -2.35. The van der Waals surface area contributed by atoms with E-state index in [9.17, 15) is 4.79 Å². The highest BCUT2D eigenvalue weighted by Crippen LogP contribution is 2.34. The van der Waals surface area contributed by atoms with E-state index in [1.165, 1.54) is 0 Å². The fourth-order valence-electron chi connectivity index (χ4n) is 1.10. The van der Waals surface area contributed by atoms with Crippen molar-refractivity contribution < 1.29 is 4.79 Å². The molecule has 0 saturated heterocycles. The molecule has 17 heavy (non-hydrogen) atoms. The third-order valence-corrected chi connectivity index (χ3v) is 3.40. The Kier molecular flexibility index (Phi) is 5.47. The molecule has 0 radical (unpaired) electrons. The minimum atomic E-state index is -0.727. The van der Waals surface area contributed by atoms with Crippen LogP contribution >= 0.6 is 43.5 Å². The molecule has 1 atom stereocenters. The van der Waals surface area contributed by atoms with Crippen molar-refractivity contribution in [3.8, 4) is 12.3 Å². The highest BCUT2D eigenvalue weighted by Gasteiger charge is 2.15. The SMILES string of the molecule is C#CCC(N)C(=O)Nc1c(Br)cc(Cl)cc1Br. The molecule has 6 heteroatoms. The largest absolute Gasteiger partial charge is 0.323 e. The summed E-state index contributed by atoms with van der Waals surface area (Å²) >= 11 is 12.5. The van der Waals surface area contributed by atoms with Crippen LogP contribution < -0.4 is 11.1 Å². The summed E-state index contributed by atoms with van der Waals surface area (Å²) in [4.78, 5) is 11.7. The molecule has 0 bridgehead atoms. The highest BCUT2D eigenvalue weighted by molar-refractivity contribution is 9.11. The third-order valence-electron chi connectivity index (χ3n) is 1.93. The molecule has 0 heterocycles. The smallest absolute Gasteiger partial charge is 0.242 e. The number of halogens is 3. The van der Waals surface area contributed by atoms with Gasteiger partial charge in [-0.2, -0.15) is 0 Å². The first-order chi connectivity index (χ1) is 7.95. The minimum absolute atomic E-state index is 0.189. The van der Waals surface area contributed by atoms with Crippen LogP contribution in [0.2, 0.25) is 5.02 Å². The first-order valence-corrected chi connectivity index (χ1v) is 6.56. The number of terminal acetylenes is 1. The summed E-state index contributed by atoms with van der Waals surface area (Å²) in [7, 11) is 0. The number of carbonyl (C=O) groups excluding carboxylic acids is 1. The highest BCUT2D eigenvalue weighted by atomic mass is 79.9. The van der Waals surface area contributed by atoms with Crippen LogP contribution in [0.5, 0.6) is 0 Å². The molecule has 0 aromatic heterocycles. The zero-order chi connectivity index (χ0) is 13.0. The second kappa shape index (κ2) is 6.41. The van der Waals surface area contributed by atoms with Gasteiger partial charge in [0.15, 0.2) is 0 Å². The molecule has 90 valence electrons.